The molecule has 0 bridgehead atoms. The molecule has 3 aromatic rings. The van der Waals surface area contributed by atoms with Crippen LogP contribution in [-0.2, 0) is 4.79 Å². The standard InChI is InChI=1S/C18H19N5O2/c1-12(2)10-16(24)21-22-18(25)14-11-20-23-15(8-9-19-17(14)23)13-6-4-3-5-7-13/h3-9,11-12H,10H2,1-2H3,(H,21,24)(H,22,25). The Hall–Kier alpha value is -3.22. The van der Waals surface area contributed by atoms with E-state index in [9.17, 15) is 9.59 Å². The largest absolute Gasteiger partial charge is 0.275 e. The first-order valence-corrected chi connectivity index (χ1v) is 8.03. The lowest BCUT2D eigenvalue weighted by Crippen LogP contribution is -2.42. The predicted octanol–water partition coefficient (Wildman–Crippen LogP) is 2.20. The summed E-state index contributed by atoms with van der Waals surface area (Å²) in [7, 11) is 0. The Balaban J connectivity index is 1.84. The second-order valence-corrected chi connectivity index (χ2v) is 6.09. The van der Waals surface area contributed by atoms with Crippen molar-refractivity contribution < 1.29 is 9.59 Å². The minimum Gasteiger partial charge on any atom is -0.273 e. The summed E-state index contributed by atoms with van der Waals surface area (Å²) in [5.41, 5.74) is 7.34. The maximum Gasteiger partial charge on any atom is 0.275 e. The quantitative estimate of drug-likeness (QED) is 0.714. The van der Waals surface area contributed by atoms with Crippen molar-refractivity contribution in [1.82, 2.24) is 25.4 Å². The molecule has 0 aliphatic heterocycles. The minimum atomic E-state index is -0.454. The number of aromatic nitrogens is 3. The van der Waals surface area contributed by atoms with Crippen molar-refractivity contribution in [1.29, 1.82) is 0 Å². The highest BCUT2D eigenvalue weighted by atomic mass is 16.2. The molecule has 25 heavy (non-hydrogen) atoms. The first-order chi connectivity index (χ1) is 12.1. The molecule has 7 heteroatoms. The van der Waals surface area contributed by atoms with E-state index in [0.717, 1.165) is 11.3 Å². The molecule has 3 rings (SSSR count). The third-order valence-electron chi connectivity index (χ3n) is 3.62. The van der Waals surface area contributed by atoms with Crippen molar-refractivity contribution >= 4 is 17.5 Å². The molecule has 0 radical (unpaired) electrons. The van der Waals surface area contributed by atoms with Gasteiger partial charge in [-0.3, -0.25) is 20.4 Å². The molecule has 0 aliphatic rings. The number of fused-ring (bicyclic) bond motifs is 1. The van der Waals surface area contributed by atoms with Gasteiger partial charge in [0.15, 0.2) is 5.65 Å². The van der Waals surface area contributed by atoms with E-state index in [1.165, 1.54) is 6.20 Å². The minimum absolute atomic E-state index is 0.212. The van der Waals surface area contributed by atoms with Gasteiger partial charge in [0.1, 0.15) is 5.56 Å². The van der Waals surface area contributed by atoms with Gasteiger partial charge in [0.05, 0.1) is 11.9 Å². The van der Waals surface area contributed by atoms with Gasteiger partial charge in [0.2, 0.25) is 5.91 Å². The van der Waals surface area contributed by atoms with Crippen LogP contribution in [-0.4, -0.2) is 26.4 Å². The molecule has 1 aromatic carbocycles. The van der Waals surface area contributed by atoms with E-state index in [0.29, 0.717) is 17.6 Å². The lowest BCUT2D eigenvalue weighted by molar-refractivity contribution is -0.122. The number of hydrazine groups is 1. The third-order valence-corrected chi connectivity index (χ3v) is 3.62. The fraction of sp³-hybridized carbons (Fsp3) is 0.222. The van der Waals surface area contributed by atoms with E-state index >= 15 is 0 Å². The summed E-state index contributed by atoms with van der Waals surface area (Å²) in [6, 6.07) is 11.6. The zero-order valence-corrected chi connectivity index (χ0v) is 14.1. The van der Waals surface area contributed by atoms with Gasteiger partial charge < -0.3 is 0 Å². The molecule has 0 spiro atoms. The second-order valence-electron chi connectivity index (χ2n) is 6.09. The van der Waals surface area contributed by atoms with E-state index in [1.54, 1.807) is 10.7 Å². The molecule has 0 unspecified atom stereocenters. The van der Waals surface area contributed by atoms with Crippen molar-refractivity contribution in [3.63, 3.8) is 0 Å². The lowest BCUT2D eigenvalue weighted by Gasteiger charge is -2.08. The Labute approximate surface area is 145 Å². The van der Waals surface area contributed by atoms with Gasteiger partial charge in [-0.05, 0) is 12.0 Å². The Morgan fingerprint density at radius 3 is 2.60 bits per heavy atom. The van der Waals surface area contributed by atoms with Crippen LogP contribution in [0.3, 0.4) is 0 Å². The summed E-state index contributed by atoms with van der Waals surface area (Å²) in [4.78, 5) is 28.3. The van der Waals surface area contributed by atoms with E-state index in [2.05, 4.69) is 20.9 Å². The van der Waals surface area contributed by atoms with Gasteiger partial charge in [-0.25, -0.2) is 9.50 Å². The van der Waals surface area contributed by atoms with Crippen LogP contribution >= 0.6 is 0 Å². The second kappa shape index (κ2) is 7.12. The summed E-state index contributed by atoms with van der Waals surface area (Å²) >= 11 is 0. The highest BCUT2D eigenvalue weighted by Crippen LogP contribution is 2.20. The molecule has 7 nitrogen and oxygen atoms in total. The maximum atomic E-state index is 12.3. The Kier molecular flexibility index (Phi) is 4.74. The third kappa shape index (κ3) is 3.65. The average Bonchev–Trinajstić information content (AvgIpc) is 3.04. The van der Waals surface area contributed by atoms with Crippen molar-refractivity contribution in [3.8, 4) is 11.3 Å². The topological polar surface area (TPSA) is 88.4 Å². The molecule has 0 atom stereocenters. The van der Waals surface area contributed by atoms with Crippen LogP contribution < -0.4 is 10.9 Å². The van der Waals surface area contributed by atoms with Gasteiger partial charge in [-0.2, -0.15) is 5.10 Å². The number of rotatable bonds is 4. The van der Waals surface area contributed by atoms with Crippen LogP contribution in [0.2, 0.25) is 0 Å². The van der Waals surface area contributed by atoms with Crippen LogP contribution in [0, 0.1) is 5.92 Å². The van der Waals surface area contributed by atoms with Crippen molar-refractivity contribution in [2.75, 3.05) is 0 Å². The number of amides is 2. The van der Waals surface area contributed by atoms with Crippen LogP contribution in [0.25, 0.3) is 16.9 Å². The van der Waals surface area contributed by atoms with Gasteiger partial charge in [0, 0.05) is 18.2 Å². The highest BCUT2D eigenvalue weighted by Gasteiger charge is 2.16. The maximum absolute atomic E-state index is 12.3. The molecule has 2 heterocycles. The molecule has 2 N–H and O–H groups in total. The number of carbonyl (C=O) groups is 2. The first-order valence-electron chi connectivity index (χ1n) is 8.03. The Morgan fingerprint density at radius 2 is 1.88 bits per heavy atom. The van der Waals surface area contributed by atoms with Gasteiger partial charge in [-0.15, -0.1) is 0 Å². The zero-order valence-electron chi connectivity index (χ0n) is 14.1. The molecular weight excluding hydrogens is 318 g/mol. The van der Waals surface area contributed by atoms with Crippen LogP contribution in [0.15, 0.2) is 48.8 Å². The first kappa shape index (κ1) is 16.6. The normalized spacial score (nSPS) is 10.8. The number of carbonyl (C=O) groups excluding carboxylic acids is 2. The molecular formula is C18H19N5O2. The summed E-state index contributed by atoms with van der Waals surface area (Å²) in [5, 5.41) is 4.27. The number of nitrogens with one attached hydrogen (secondary N) is 2. The SMILES string of the molecule is CC(C)CC(=O)NNC(=O)c1cnn2c(-c3ccccc3)ccnc12. The Morgan fingerprint density at radius 1 is 1.12 bits per heavy atom. The fourth-order valence-corrected chi connectivity index (χ4v) is 2.49. The van der Waals surface area contributed by atoms with Crippen molar-refractivity contribution in [2.24, 2.45) is 5.92 Å². The molecule has 0 saturated carbocycles. The molecule has 2 aromatic heterocycles. The van der Waals surface area contributed by atoms with Gasteiger partial charge >= 0.3 is 0 Å². The van der Waals surface area contributed by atoms with E-state index in [4.69, 9.17) is 0 Å². The van der Waals surface area contributed by atoms with Crippen LogP contribution in [0.5, 0.6) is 0 Å². The predicted molar refractivity (Wildman–Crippen MR) is 93.5 cm³/mol. The molecule has 0 aliphatic carbocycles. The van der Waals surface area contributed by atoms with Crippen LogP contribution in [0.1, 0.15) is 30.6 Å². The lowest BCUT2D eigenvalue weighted by atomic mass is 10.1. The monoisotopic (exact) mass is 337 g/mol. The van der Waals surface area contributed by atoms with Crippen LogP contribution in [0.4, 0.5) is 0 Å². The molecule has 0 fully saturated rings. The summed E-state index contributed by atoms with van der Waals surface area (Å²) in [6.45, 7) is 3.86. The Bertz CT molecular complexity index is 902. The number of benzene rings is 1. The average molecular weight is 337 g/mol. The zero-order chi connectivity index (χ0) is 17.8. The van der Waals surface area contributed by atoms with E-state index < -0.39 is 5.91 Å². The van der Waals surface area contributed by atoms with Crippen molar-refractivity contribution in [3.05, 3.63) is 54.4 Å². The summed E-state index contributed by atoms with van der Waals surface area (Å²) < 4.78 is 1.61. The summed E-state index contributed by atoms with van der Waals surface area (Å²) in [5.74, 6) is -0.480. The number of hydrogen-bond acceptors (Lipinski definition) is 4. The number of hydrogen-bond donors (Lipinski definition) is 2. The smallest absolute Gasteiger partial charge is 0.273 e. The van der Waals surface area contributed by atoms with Gasteiger partial charge in [0.25, 0.3) is 5.91 Å². The molecule has 2 amide bonds. The molecule has 128 valence electrons. The summed E-state index contributed by atoms with van der Waals surface area (Å²) in [6.07, 6.45) is 3.41. The number of nitrogens with zero attached hydrogens (tertiary/aromatic N) is 3. The van der Waals surface area contributed by atoms with E-state index in [1.807, 2.05) is 50.2 Å². The molecule has 0 saturated heterocycles. The van der Waals surface area contributed by atoms with Crippen molar-refractivity contribution in [2.45, 2.75) is 20.3 Å². The van der Waals surface area contributed by atoms with E-state index in [-0.39, 0.29) is 11.8 Å². The highest BCUT2D eigenvalue weighted by molar-refractivity contribution is 6.00. The van der Waals surface area contributed by atoms with Gasteiger partial charge in [-0.1, -0.05) is 44.2 Å². The fourth-order valence-electron chi connectivity index (χ4n) is 2.49.